The number of carbonyl (C=O) groups is 2. The molecule has 3 unspecified atom stereocenters. The van der Waals surface area contributed by atoms with Crippen molar-refractivity contribution in [2.24, 2.45) is 0 Å². The fraction of sp³-hybridized carbons (Fsp3) is 0.667. The van der Waals surface area contributed by atoms with Gasteiger partial charge in [0.25, 0.3) is 0 Å². The van der Waals surface area contributed by atoms with E-state index < -0.39 is 31.3 Å². The van der Waals surface area contributed by atoms with Gasteiger partial charge in [0.05, 0.1) is 0 Å². The Kier molecular flexibility index (Phi) is 3.73. The minimum atomic E-state index is -1.42. The standard InChI is InChI=1S/C6H8BIO6/c1-2(8)7-13-3(5(9)10)4(14-7)6(11)12/h2-4H,1H3,(H,9,10)(H,11,12). The molecule has 0 radical (unpaired) electrons. The maximum absolute atomic E-state index is 10.6. The van der Waals surface area contributed by atoms with Gasteiger partial charge < -0.3 is 19.5 Å². The van der Waals surface area contributed by atoms with Crippen molar-refractivity contribution in [3.63, 3.8) is 0 Å². The number of carboxylic acids is 2. The van der Waals surface area contributed by atoms with Crippen LogP contribution in [0.25, 0.3) is 0 Å². The average molecular weight is 314 g/mol. The third-order valence-corrected chi connectivity index (χ3v) is 2.29. The second kappa shape index (κ2) is 4.45. The van der Waals surface area contributed by atoms with Gasteiger partial charge in [-0.05, 0) is 0 Å². The quantitative estimate of drug-likeness (QED) is 0.425. The molecular weight excluding hydrogens is 306 g/mol. The number of halogens is 1. The van der Waals surface area contributed by atoms with Crippen molar-refractivity contribution in [1.82, 2.24) is 0 Å². The predicted molar refractivity (Wildman–Crippen MR) is 54.3 cm³/mol. The van der Waals surface area contributed by atoms with Gasteiger partial charge in [-0.1, -0.05) is 29.5 Å². The van der Waals surface area contributed by atoms with E-state index in [1.54, 1.807) is 6.92 Å². The van der Waals surface area contributed by atoms with Gasteiger partial charge in [-0.25, -0.2) is 9.59 Å². The molecule has 0 aromatic carbocycles. The molecule has 0 aromatic rings. The molecule has 0 aliphatic carbocycles. The Labute approximate surface area is 93.9 Å². The molecule has 6 nitrogen and oxygen atoms in total. The van der Waals surface area contributed by atoms with E-state index in [-0.39, 0.29) is 3.82 Å². The van der Waals surface area contributed by atoms with E-state index in [0.29, 0.717) is 0 Å². The minimum absolute atomic E-state index is 0.112. The van der Waals surface area contributed by atoms with Crippen LogP contribution in [0.15, 0.2) is 0 Å². The Hall–Kier alpha value is -0.345. The highest BCUT2D eigenvalue weighted by atomic mass is 127. The summed E-state index contributed by atoms with van der Waals surface area (Å²) in [5, 5.41) is 17.3. The molecule has 1 aliphatic heterocycles. The molecule has 0 saturated carbocycles. The first-order valence-corrected chi connectivity index (χ1v) is 5.08. The zero-order valence-electron chi connectivity index (χ0n) is 7.21. The van der Waals surface area contributed by atoms with Gasteiger partial charge in [0, 0.05) is 3.82 Å². The van der Waals surface area contributed by atoms with E-state index in [1.165, 1.54) is 0 Å². The SMILES string of the molecule is CC(I)B1OC(C(=O)O)C(C(=O)O)O1. The van der Waals surface area contributed by atoms with Gasteiger partial charge in [0.2, 0.25) is 0 Å². The van der Waals surface area contributed by atoms with Gasteiger partial charge in [0.15, 0.2) is 12.2 Å². The molecular formula is C6H8BIO6. The summed E-state index contributed by atoms with van der Waals surface area (Å²) in [5.41, 5.74) is 0. The molecule has 2 N–H and O–H groups in total. The Balaban J connectivity index is 2.75. The normalized spacial score (nSPS) is 28.9. The Morgan fingerprint density at radius 2 is 1.64 bits per heavy atom. The lowest BCUT2D eigenvalue weighted by atomic mass is 9.87. The van der Waals surface area contributed by atoms with Crippen LogP contribution in [0.4, 0.5) is 0 Å². The number of aliphatic carboxylic acids is 2. The molecule has 0 amide bonds. The lowest BCUT2D eigenvalue weighted by Crippen LogP contribution is -2.36. The Morgan fingerprint density at radius 1 is 1.29 bits per heavy atom. The van der Waals surface area contributed by atoms with E-state index in [0.717, 1.165) is 0 Å². The molecule has 0 spiro atoms. The molecule has 0 bridgehead atoms. The number of hydrogen-bond donors (Lipinski definition) is 2. The summed E-state index contributed by atoms with van der Waals surface area (Å²) in [6.07, 6.45) is -2.84. The smallest absolute Gasteiger partial charge is 0.471 e. The minimum Gasteiger partial charge on any atom is -0.479 e. The molecule has 1 aliphatic rings. The van der Waals surface area contributed by atoms with Crippen molar-refractivity contribution in [2.45, 2.75) is 23.0 Å². The average Bonchev–Trinajstić information content (AvgIpc) is 2.47. The molecule has 14 heavy (non-hydrogen) atoms. The van der Waals surface area contributed by atoms with Crippen molar-refractivity contribution < 1.29 is 29.1 Å². The fourth-order valence-electron chi connectivity index (χ4n) is 1.06. The van der Waals surface area contributed by atoms with Crippen molar-refractivity contribution in [3.05, 3.63) is 0 Å². The monoisotopic (exact) mass is 314 g/mol. The van der Waals surface area contributed by atoms with E-state index in [1.807, 2.05) is 22.6 Å². The molecule has 1 saturated heterocycles. The summed E-state index contributed by atoms with van der Waals surface area (Å²) >= 11 is 1.98. The van der Waals surface area contributed by atoms with E-state index >= 15 is 0 Å². The number of rotatable bonds is 3. The van der Waals surface area contributed by atoms with E-state index in [2.05, 4.69) is 0 Å². The highest BCUT2D eigenvalue weighted by Crippen LogP contribution is 2.22. The van der Waals surface area contributed by atoms with Crippen LogP contribution in [0.2, 0.25) is 0 Å². The summed E-state index contributed by atoms with van der Waals surface area (Å²) in [7, 11) is -0.780. The molecule has 1 heterocycles. The van der Waals surface area contributed by atoms with Crippen LogP contribution in [-0.2, 0) is 18.9 Å². The van der Waals surface area contributed by atoms with E-state index in [4.69, 9.17) is 19.5 Å². The summed E-state index contributed by atoms with van der Waals surface area (Å²) in [5.74, 6) is -2.64. The first-order valence-electron chi connectivity index (χ1n) is 3.84. The molecule has 1 fully saturated rings. The van der Waals surface area contributed by atoms with Gasteiger partial charge in [-0.15, -0.1) is 0 Å². The van der Waals surface area contributed by atoms with Crippen molar-refractivity contribution in [2.75, 3.05) is 0 Å². The van der Waals surface area contributed by atoms with Crippen LogP contribution >= 0.6 is 22.6 Å². The van der Waals surface area contributed by atoms with Crippen LogP contribution in [0.1, 0.15) is 6.92 Å². The lowest BCUT2D eigenvalue weighted by molar-refractivity contribution is -0.156. The molecule has 0 aromatic heterocycles. The van der Waals surface area contributed by atoms with Gasteiger partial charge in [0.1, 0.15) is 0 Å². The maximum atomic E-state index is 10.6. The van der Waals surface area contributed by atoms with Crippen molar-refractivity contribution in [3.8, 4) is 0 Å². The summed E-state index contributed by atoms with van der Waals surface area (Å²) in [4.78, 5) is 21.2. The second-order valence-corrected chi connectivity index (χ2v) is 4.80. The number of hydrogen-bond acceptors (Lipinski definition) is 4. The molecule has 8 heteroatoms. The summed E-state index contributed by atoms with van der Waals surface area (Å²) in [6, 6.07) is 0. The topological polar surface area (TPSA) is 93.1 Å². The first kappa shape index (κ1) is 11.7. The van der Waals surface area contributed by atoms with E-state index in [9.17, 15) is 9.59 Å². The number of carboxylic acid groups (broad SMARTS) is 2. The van der Waals surface area contributed by atoms with Gasteiger partial charge in [-0.2, -0.15) is 0 Å². The van der Waals surface area contributed by atoms with Crippen LogP contribution in [0, 0.1) is 0 Å². The second-order valence-electron chi connectivity index (χ2n) is 2.84. The third kappa shape index (κ3) is 2.36. The van der Waals surface area contributed by atoms with Gasteiger partial charge in [-0.3, -0.25) is 0 Å². The molecule has 78 valence electrons. The van der Waals surface area contributed by atoms with Crippen LogP contribution < -0.4 is 0 Å². The highest BCUT2D eigenvalue weighted by molar-refractivity contribution is 14.1. The van der Waals surface area contributed by atoms with Crippen molar-refractivity contribution >= 4 is 41.6 Å². The first-order chi connectivity index (χ1) is 6.43. The third-order valence-electron chi connectivity index (χ3n) is 1.70. The zero-order valence-corrected chi connectivity index (χ0v) is 9.37. The van der Waals surface area contributed by atoms with Crippen LogP contribution in [0.3, 0.4) is 0 Å². The van der Waals surface area contributed by atoms with Crippen LogP contribution in [-0.4, -0.2) is 45.3 Å². The molecule has 3 atom stereocenters. The van der Waals surface area contributed by atoms with Gasteiger partial charge >= 0.3 is 19.1 Å². The highest BCUT2D eigenvalue weighted by Gasteiger charge is 2.49. The fourth-order valence-corrected chi connectivity index (χ4v) is 1.39. The predicted octanol–water partition coefficient (Wildman–Crippen LogP) is -0.210. The molecule has 1 rings (SSSR count). The Bertz CT molecular complexity index is 235. The van der Waals surface area contributed by atoms with Crippen LogP contribution in [0.5, 0.6) is 0 Å². The summed E-state index contributed by atoms with van der Waals surface area (Å²) < 4.78 is 9.78. The largest absolute Gasteiger partial charge is 0.479 e. The lowest BCUT2D eigenvalue weighted by Gasteiger charge is -2.08. The maximum Gasteiger partial charge on any atom is 0.471 e. The van der Waals surface area contributed by atoms with Crippen molar-refractivity contribution in [1.29, 1.82) is 0 Å². The Morgan fingerprint density at radius 3 is 1.86 bits per heavy atom. The number of alkyl halides is 1. The zero-order chi connectivity index (χ0) is 10.9. The summed E-state index contributed by atoms with van der Waals surface area (Å²) in [6.45, 7) is 1.74.